The molecule has 1 atom stereocenters. The number of hydrogen-bond donors (Lipinski definition) is 1. The molecule has 2 aromatic carbocycles. The lowest BCUT2D eigenvalue weighted by molar-refractivity contribution is 0.0679. The predicted octanol–water partition coefficient (Wildman–Crippen LogP) is 2.50. The van der Waals surface area contributed by atoms with E-state index in [-0.39, 0.29) is 16.6 Å². The van der Waals surface area contributed by atoms with Gasteiger partial charge < -0.3 is 9.47 Å². The first-order valence-corrected chi connectivity index (χ1v) is 9.59. The molecule has 2 aromatic rings. The Balaban J connectivity index is 1.61. The van der Waals surface area contributed by atoms with Gasteiger partial charge in [-0.05, 0) is 61.4 Å². The van der Waals surface area contributed by atoms with Crippen LogP contribution in [0.25, 0.3) is 0 Å². The summed E-state index contributed by atoms with van der Waals surface area (Å²) in [6.07, 6.45) is 2.07. The van der Waals surface area contributed by atoms with Crippen molar-refractivity contribution in [1.29, 1.82) is 0 Å². The van der Waals surface area contributed by atoms with Crippen molar-refractivity contribution in [1.82, 2.24) is 4.72 Å². The summed E-state index contributed by atoms with van der Waals surface area (Å²) in [7, 11) is -4.07. The quantitative estimate of drug-likeness (QED) is 0.834. The number of carbonyl (C=O) groups excluding carboxylic acids is 1. The lowest BCUT2D eigenvalue weighted by Crippen LogP contribution is -2.30. The number of carbonyl (C=O) groups is 1. The van der Waals surface area contributed by atoms with Crippen molar-refractivity contribution < 1.29 is 27.1 Å². The van der Waals surface area contributed by atoms with E-state index in [0.717, 1.165) is 43.7 Å². The predicted molar refractivity (Wildman–Crippen MR) is 92.0 cm³/mol. The summed E-state index contributed by atoms with van der Waals surface area (Å²) >= 11 is 0. The van der Waals surface area contributed by atoms with Gasteiger partial charge in [-0.2, -0.15) is 0 Å². The average Bonchev–Trinajstić information content (AvgIpc) is 3.14. The molecule has 1 heterocycles. The largest absolute Gasteiger partial charge is 0.491 e. The highest BCUT2D eigenvalue weighted by atomic mass is 32.2. The minimum Gasteiger partial charge on any atom is -0.491 e. The van der Waals surface area contributed by atoms with Crippen LogP contribution in [0.4, 0.5) is 4.39 Å². The second kappa shape index (κ2) is 7.84. The highest BCUT2D eigenvalue weighted by molar-refractivity contribution is 7.90. The highest BCUT2D eigenvalue weighted by Crippen LogP contribution is 2.17. The molecule has 0 aliphatic carbocycles. The van der Waals surface area contributed by atoms with Crippen LogP contribution in [0.5, 0.6) is 5.75 Å². The van der Waals surface area contributed by atoms with Gasteiger partial charge in [0, 0.05) is 12.2 Å². The molecule has 0 radical (unpaired) electrons. The first-order chi connectivity index (χ1) is 12.4. The second-order valence-corrected chi connectivity index (χ2v) is 7.54. The Morgan fingerprint density at radius 2 is 1.85 bits per heavy atom. The van der Waals surface area contributed by atoms with Gasteiger partial charge in [-0.25, -0.2) is 17.5 Å². The van der Waals surface area contributed by atoms with E-state index in [1.165, 1.54) is 12.1 Å². The van der Waals surface area contributed by atoms with E-state index in [2.05, 4.69) is 0 Å². The molecule has 26 heavy (non-hydrogen) atoms. The molecule has 3 rings (SSSR count). The number of rotatable bonds is 6. The second-order valence-electron chi connectivity index (χ2n) is 5.86. The normalized spacial score (nSPS) is 17.0. The van der Waals surface area contributed by atoms with Crippen molar-refractivity contribution in [3.63, 3.8) is 0 Å². The molecule has 0 aromatic heterocycles. The fourth-order valence-electron chi connectivity index (χ4n) is 2.52. The molecule has 0 unspecified atom stereocenters. The van der Waals surface area contributed by atoms with E-state index in [1.807, 2.05) is 4.72 Å². The van der Waals surface area contributed by atoms with Crippen LogP contribution in [0, 0.1) is 5.82 Å². The molecule has 6 nitrogen and oxygen atoms in total. The van der Waals surface area contributed by atoms with E-state index in [0.29, 0.717) is 12.4 Å². The molecule has 1 aliphatic heterocycles. The Morgan fingerprint density at radius 3 is 2.46 bits per heavy atom. The third kappa shape index (κ3) is 4.59. The molecule has 1 N–H and O–H groups in total. The fourth-order valence-corrected chi connectivity index (χ4v) is 3.50. The van der Waals surface area contributed by atoms with Gasteiger partial charge in [-0.15, -0.1) is 0 Å². The van der Waals surface area contributed by atoms with Crippen molar-refractivity contribution in [2.75, 3.05) is 13.2 Å². The zero-order chi connectivity index (χ0) is 18.6. The topological polar surface area (TPSA) is 81.7 Å². The molecule has 1 aliphatic rings. The molecule has 1 fully saturated rings. The highest BCUT2D eigenvalue weighted by Gasteiger charge is 2.19. The lowest BCUT2D eigenvalue weighted by atomic mass is 10.2. The van der Waals surface area contributed by atoms with Crippen molar-refractivity contribution in [3.8, 4) is 5.75 Å². The Labute approximate surface area is 151 Å². The maximum absolute atomic E-state index is 12.9. The monoisotopic (exact) mass is 379 g/mol. The summed E-state index contributed by atoms with van der Waals surface area (Å²) < 4.78 is 50.2. The Bertz CT molecular complexity index is 859. The van der Waals surface area contributed by atoms with Crippen LogP contribution in [0.3, 0.4) is 0 Å². The third-order valence-electron chi connectivity index (χ3n) is 3.93. The van der Waals surface area contributed by atoms with E-state index in [4.69, 9.17) is 9.47 Å². The minimum absolute atomic E-state index is 0.0822. The van der Waals surface area contributed by atoms with Gasteiger partial charge in [0.2, 0.25) is 0 Å². The molecule has 1 amide bonds. The first kappa shape index (κ1) is 18.3. The van der Waals surface area contributed by atoms with Gasteiger partial charge in [-0.3, -0.25) is 4.79 Å². The van der Waals surface area contributed by atoms with Gasteiger partial charge in [-0.1, -0.05) is 0 Å². The van der Waals surface area contributed by atoms with Crippen LogP contribution in [-0.4, -0.2) is 33.6 Å². The molecule has 0 bridgehead atoms. The van der Waals surface area contributed by atoms with Crippen LogP contribution in [0.1, 0.15) is 23.2 Å². The standard InChI is InChI=1S/C18H18FNO5S/c19-14-5-9-17(10-6-14)26(22,23)20-18(21)13-3-7-15(8-4-13)25-12-16-2-1-11-24-16/h3-10,16H,1-2,11-12H2,(H,20,21)/t16-/m0/s1. The molecule has 138 valence electrons. The van der Waals surface area contributed by atoms with E-state index in [1.54, 1.807) is 12.1 Å². The molecule has 8 heteroatoms. The van der Waals surface area contributed by atoms with Gasteiger partial charge >= 0.3 is 0 Å². The van der Waals surface area contributed by atoms with Gasteiger partial charge in [0.15, 0.2) is 0 Å². The van der Waals surface area contributed by atoms with Crippen molar-refractivity contribution in [2.45, 2.75) is 23.8 Å². The van der Waals surface area contributed by atoms with Crippen LogP contribution in [0.15, 0.2) is 53.4 Å². The zero-order valence-corrected chi connectivity index (χ0v) is 14.7. The number of nitrogens with one attached hydrogen (secondary N) is 1. The number of benzene rings is 2. The molecule has 1 saturated heterocycles. The van der Waals surface area contributed by atoms with Crippen molar-refractivity contribution >= 4 is 15.9 Å². The summed E-state index contributed by atoms with van der Waals surface area (Å²) in [5.74, 6) is -0.771. The average molecular weight is 379 g/mol. The van der Waals surface area contributed by atoms with Crippen LogP contribution >= 0.6 is 0 Å². The third-order valence-corrected chi connectivity index (χ3v) is 5.27. The number of sulfonamides is 1. The molecule has 0 saturated carbocycles. The minimum atomic E-state index is -4.07. The van der Waals surface area contributed by atoms with Gasteiger partial charge in [0.1, 0.15) is 18.2 Å². The zero-order valence-electron chi connectivity index (χ0n) is 13.9. The SMILES string of the molecule is O=C(NS(=O)(=O)c1ccc(F)cc1)c1ccc(OC[C@@H]2CCCO2)cc1. The van der Waals surface area contributed by atoms with Crippen LogP contribution < -0.4 is 9.46 Å². The number of halogens is 1. The fraction of sp³-hybridized carbons (Fsp3) is 0.278. The van der Waals surface area contributed by atoms with Gasteiger partial charge in [0.25, 0.3) is 15.9 Å². The van der Waals surface area contributed by atoms with E-state index >= 15 is 0 Å². The Kier molecular flexibility index (Phi) is 5.53. The van der Waals surface area contributed by atoms with Crippen molar-refractivity contribution in [2.24, 2.45) is 0 Å². The Morgan fingerprint density at radius 1 is 1.15 bits per heavy atom. The molecular formula is C18H18FNO5S. The van der Waals surface area contributed by atoms with Gasteiger partial charge in [0.05, 0.1) is 11.0 Å². The number of amides is 1. The maximum atomic E-state index is 12.9. The summed E-state index contributed by atoms with van der Waals surface area (Å²) in [4.78, 5) is 12.0. The maximum Gasteiger partial charge on any atom is 0.265 e. The summed E-state index contributed by atoms with van der Waals surface area (Å²) in [6.45, 7) is 1.18. The summed E-state index contributed by atoms with van der Waals surface area (Å²) in [5.41, 5.74) is 0.167. The molecular weight excluding hydrogens is 361 g/mol. The lowest BCUT2D eigenvalue weighted by Gasteiger charge is -2.12. The first-order valence-electron chi connectivity index (χ1n) is 8.11. The summed E-state index contributed by atoms with van der Waals surface area (Å²) in [6, 6.07) is 10.3. The number of hydrogen-bond acceptors (Lipinski definition) is 5. The van der Waals surface area contributed by atoms with Crippen LogP contribution in [0.2, 0.25) is 0 Å². The Hall–Kier alpha value is -2.45. The number of ether oxygens (including phenoxy) is 2. The summed E-state index contributed by atoms with van der Waals surface area (Å²) in [5, 5.41) is 0. The van der Waals surface area contributed by atoms with E-state index in [9.17, 15) is 17.6 Å². The van der Waals surface area contributed by atoms with Crippen LogP contribution in [-0.2, 0) is 14.8 Å². The smallest absolute Gasteiger partial charge is 0.265 e. The van der Waals surface area contributed by atoms with E-state index < -0.39 is 21.7 Å². The van der Waals surface area contributed by atoms with Crippen molar-refractivity contribution in [3.05, 3.63) is 59.9 Å². The molecule has 0 spiro atoms.